The van der Waals surface area contributed by atoms with E-state index in [-0.39, 0.29) is 18.6 Å². The Bertz CT molecular complexity index is 637. The number of aryl methyl sites for hydroxylation is 2. The number of aromatic nitrogens is 1. The molecule has 0 fully saturated rings. The third kappa shape index (κ3) is 3.84. The molecule has 6 heteroatoms. The van der Waals surface area contributed by atoms with Crippen molar-refractivity contribution < 1.29 is 14.6 Å². The molecule has 0 spiro atoms. The quantitative estimate of drug-likeness (QED) is 0.858. The molecule has 0 aliphatic heterocycles. The summed E-state index contributed by atoms with van der Waals surface area (Å²) in [5.74, 6) is -0.197. The highest BCUT2D eigenvalue weighted by Gasteiger charge is 2.20. The van der Waals surface area contributed by atoms with Gasteiger partial charge < -0.3 is 15.2 Å². The van der Waals surface area contributed by atoms with Crippen LogP contribution in [-0.2, 0) is 0 Å². The molecule has 2 N–H and O–H groups in total. The summed E-state index contributed by atoms with van der Waals surface area (Å²) < 4.78 is 5.06. The van der Waals surface area contributed by atoms with E-state index in [1.165, 1.54) is 18.4 Å². The molecule has 2 rings (SSSR count). The van der Waals surface area contributed by atoms with Crippen LogP contribution >= 0.6 is 11.3 Å². The molecule has 0 unspecified atom stereocenters. The number of nitrogens with one attached hydrogen (secondary N) is 1. The lowest BCUT2D eigenvalue weighted by Gasteiger charge is -2.18. The van der Waals surface area contributed by atoms with Crippen molar-refractivity contribution in [1.82, 2.24) is 10.3 Å². The molecule has 118 valence electrons. The molecule has 0 bridgehead atoms. The molecular formula is C16H20N2O3S. The van der Waals surface area contributed by atoms with Crippen molar-refractivity contribution in [2.45, 2.75) is 26.3 Å². The number of nitrogens with zero attached hydrogens (tertiary/aromatic N) is 1. The van der Waals surface area contributed by atoms with Crippen LogP contribution in [0, 0.1) is 13.8 Å². The van der Waals surface area contributed by atoms with E-state index in [1.807, 2.05) is 31.2 Å². The van der Waals surface area contributed by atoms with Gasteiger partial charge in [-0.15, -0.1) is 0 Å². The molecule has 1 aromatic heterocycles. The van der Waals surface area contributed by atoms with Crippen LogP contribution in [0.4, 0.5) is 0 Å². The normalized spacial score (nSPS) is 12.0. The molecule has 2 aromatic rings. The standard InChI is InChI=1S/C16H20N2O3S/c1-10-4-6-12(7-5-10)13(8-9-19)18-15(20)14-11(2)17-16(21-3)22-14/h4-7,13,19H,8-9H2,1-3H3,(H,18,20)/t13-/m1/s1. The number of ether oxygens (including phenoxy) is 1. The third-order valence-corrected chi connectivity index (χ3v) is 4.48. The van der Waals surface area contributed by atoms with E-state index < -0.39 is 0 Å². The molecule has 0 aliphatic rings. The molecule has 1 heterocycles. The van der Waals surface area contributed by atoms with Crippen molar-refractivity contribution in [2.75, 3.05) is 13.7 Å². The van der Waals surface area contributed by atoms with Gasteiger partial charge in [0.25, 0.3) is 11.1 Å². The maximum absolute atomic E-state index is 12.4. The largest absolute Gasteiger partial charge is 0.473 e. The Morgan fingerprint density at radius 3 is 2.59 bits per heavy atom. The van der Waals surface area contributed by atoms with E-state index in [0.717, 1.165) is 11.1 Å². The Morgan fingerprint density at radius 1 is 1.36 bits per heavy atom. The van der Waals surface area contributed by atoms with Crippen molar-refractivity contribution in [1.29, 1.82) is 0 Å². The van der Waals surface area contributed by atoms with Crippen LogP contribution in [0.2, 0.25) is 0 Å². The number of aliphatic hydroxyl groups excluding tert-OH is 1. The first kappa shape index (κ1) is 16.5. The lowest BCUT2D eigenvalue weighted by atomic mass is 10.0. The SMILES string of the molecule is COc1nc(C)c(C(=O)N[C@H](CCO)c2ccc(C)cc2)s1. The van der Waals surface area contributed by atoms with Crippen LogP contribution in [0.3, 0.4) is 0 Å². The lowest BCUT2D eigenvalue weighted by Crippen LogP contribution is -2.29. The highest BCUT2D eigenvalue weighted by molar-refractivity contribution is 7.15. The van der Waals surface area contributed by atoms with Crippen LogP contribution < -0.4 is 10.1 Å². The van der Waals surface area contributed by atoms with E-state index in [9.17, 15) is 9.90 Å². The number of methoxy groups -OCH3 is 1. The van der Waals surface area contributed by atoms with E-state index >= 15 is 0 Å². The summed E-state index contributed by atoms with van der Waals surface area (Å²) in [4.78, 5) is 17.2. The minimum absolute atomic E-state index is 0.00379. The second kappa shape index (κ2) is 7.38. The number of carbonyl (C=O) groups excluding carboxylic acids is 1. The van der Waals surface area contributed by atoms with Gasteiger partial charge in [0.1, 0.15) is 4.88 Å². The highest BCUT2D eigenvalue weighted by Crippen LogP contribution is 2.25. The number of aliphatic hydroxyl groups is 1. The van der Waals surface area contributed by atoms with Crippen molar-refractivity contribution in [2.24, 2.45) is 0 Å². The fourth-order valence-corrected chi connectivity index (χ4v) is 2.93. The Hall–Kier alpha value is -1.92. The van der Waals surface area contributed by atoms with Crippen molar-refractivity contribution in [3.05, 3.63) is 46.0 Å². The molecule has 5 nitrogen and oxygen atoms in total. The predicted octanol–water partition coefficient (Wildman–Crippen LogP) is 2.62. The molecular weight excluding hydrogens is 300 g/mol. The predicted molar refractivity (Wildman–Crippen MR) is 86.5 cm³/mol. The van der Waals surface area contributed by atoms with Gasteiger partial charge in [-0.1, -0.05) is 41.2 Å². The Balaban J connectivity index is 2.18. The summed E-state index contributed by atoms with van der Waals surface area (Å²) in [5.41, 5.74) is 2.77. The van der Waals surface area contributed by atoms with Gasteiger partial charge in [-0.3, -0.25) is 4.79 Å². The van der Waals surface area contributed by atoms with Crippen molar-refractivity contribution in [3.63, 3.8) is 0 Å². The Morgan fingerprint density at radius 2 is 2.05 bits per heavy atom. The molecule has 0 radical (unpaired) electrons. The van der Waals surface area contributed by atoms with Crippen molar-refractivity contribution >= 4 is 17.2 Å². The summed E-state index contributed by atoms with van der Waals surface area (Å²) in [6.45, 7) is 3.79. The van der Waals surface area contributed by atoms with Gasteiger partial charge in [0.15, 0.2) is 0 Å². The maximum Gasteiger partial charge on any atom is 0.273 e. The second-order valence-electron chi connectivity index (χ2n) is 5.05. The number of hydrogen-bond acceptors (Lipinski definition) is 5. The number of amides is 1. The minimum atomic E-state index is -0.231. The van der Waals surface area contributed by atoms with Crippen LogP contribution in [0.5, 0.6) is 5.19 Å². The second-order valence-corrected chi connectivity index (χ2v) is 6.01. The average molecular weight is 320 g/mol. The number of hydrogen-bond donors (Lipinski definition) is 2. The molecule has 0 aliphatic carbocycles. The summed E-state index contributed by atoms with van der Waals surface area (Å²) in [7, 11) is 1.53. The van der Waals surface area contributed by atoms with E-state index in [2.05, 4.69) is 10.3 Å². The fraction of sp³-hybridized carbons (Fsp3) is 0.375. The van der Waals surface area contributed by atoms with E-state index in [4.69, 9.17) is 4.74 Å². The maximum atomic E-state index is 12.4. The smallest absolute Gasteiger partial charge is 0.273 e. The molecule has 0 saturated carbocycles. The van der Waals surface area contributed by atoms with E-state index in [1.54, 1.807) is 6.92 Å². The minimum Gasteiger partial charge on any atom is -0.473 e. The van der Waals surface area contributed by atoms with Gasteiger partial charge in [0.2, 0.25) is 0 Å². The average Bonchev–Trinajstić information content (AvgIpc) is 2.89. The fourth-order valence-electron chi connectivity index (χ4n) is 2.14. The van der Waals surface area contributed by atoms with Gasteiger partial charge in [0, 0.05) is 6.61 Å². The van der Waals surface area contributed by atoms with Crippen LogP contribution in [-0.4, -0.2) is 29.7 Å². The monoisotopic (exact) mass is 320 g/mol. The zero-order chi connectivity index (χ0) is 16.1. The number of carbonyl (C=O) groups is 1. The van der Waals surface area contributed by atoms with E-state index in [0.29, 0.717) is 22.2 Å². The zero-order valence-electron chi connectivity index (χ0n) is 12.9. The first-order chi connectivity index (χ1) is 10.5. The van der Waals surface area contributed by atoms with Gasteiger partial charge in [-0.25, -0.2) is 4.98 Å². The van der Waals surface area contributed by atoms with Crippen molar-refractivity contribution in [3.8, 4) is 5.19 Å². The van der Waals surface area contributed by atoms with Gasteiger partial charge in [-0.2, -0.15) is 0 Å². The lowest BCUT2D eigenvalue weighted by molar-refractivity contribution is 0.0933. The summed E-state index contributed by atoms with van der Waals surface area (Å²) in [6, 6.07) is 7.69. The first-order valence-electron chi connectivity index (χ1n) is 7.05. The summed E-state index contributed by atoms with van der Waals surface area (Å²) in [5, 5.41) is 12.7. The topological polar surface area (TPSA) is 71.5 Å². The summed E-state index contributed by atoms with van der Waals surface area (Å²) >= 11 is 1.22. The number of rotatable bonds is 6. The van der Waals surface area contributed by atoms with Gasteiger partial charge in [0.05, 0.1) is 18.8 Å². The molecule has 0 saturated heterocycles. The van der Waals surface area contributed by atoms with Crippen LogP contribution in [0.1, 0.15) is 39.0 Å². The molecule has 1 amide bonds. The van der Waals surface area contributed by atoms with Crippen LogP contribution in [0.25, 0.3) is 0 Å². The van der Waals surface area contributed by atoms with Gasteiger partial charge in [-0.05, 0) is 25.8 Å². The third-order valence-electron chi connectivity index (χ3n) is 3.36. The van der Waals surface area contributed by atoms with Crippen LogP contribution in [0.15, 0.2) is 24.3 Å². The first-order valence-corrected chi connectivity index (χ1v) is 7.86. The number of thiazole rings is 1. The Kier molecular flexibility index (Phi) is 5.51. The Labute approximate surface area is 134 Å². The summed E-state index contributed by atoms with van der Waals surface area (Å²) in [6.07, 6.45) is 0.462. The molecule has 1 aromatic carbocycles. The van der Waals surface area contributed by atoms with Gasteiger partial charge >= 0.3 is 0 Å². The highest BCUT2D eigenvalue weighted by atomic mass is 32.1. The zero-order valence-corrected chi connectivity index (χ0v) is 13.7. The number of benzene rings is 1. The molecule has 1 atom stereocenters. The molecule has 22 heavy (non-hydrogen) atoms.